The number of aromatic nitrogens is 2. The lowest BCUT2D eigenvalue weighted by Crippen LogP contribution is -2.11. The number of anilines is 1. The van der Waals surface area contributed by atoms with Crippen molar-refractivity contribution in [3.05, 3.63) is 47.3 Å². The van der Waals surface area contributed by atoms with E-state index in [-0.39, 0.29) is 17.8 Å². The van der Waals surface area contributed by atoms with Crippen molar-refractivity contribution in [2.24, 2.45) is 7.05 Å². The molecule has 0 aliphatic heterocycles. The second kappa shape index (κ2) is 5.47. The van der Waals surface area contributed by atoms with E-state index in [0.717, 1.165) is 12.1 Å². The maximum absolute atomic E-state index is 12.6. The normalized spacial score (nSPS) is 11.4. The van der Waals surface area contributed by atoms with Crippen LogP contribution in [0, 0.1) is 0 Å². The summed E-state index contributed by atoms with van der Waals surface area (Å²) >= 11 is 0. The van der Waals surface area contributed by atoms with Gasteiger partial charge in [-0.2, -0.15) is 18.3 Å². The molecular weight excluding hydrogens is 287 g/mol. The number of alkyl halides is 3. The van der Waals surface area contributed by atoms with Crippen LogP contribution >= 0.6 is 0 Å². The number of carboxylic acid groups (broad SMARTS) is 1. The number of carboxylic acids is 1. The third-order valence-electron chi connectivity index (χ3n) is 2.94. The Morgan fingerprint density at radius 2 is 2.14 bits per heavy atom. The molecule has 1 aromatic heterocycles. The first-order valence-electron chi connectivity index (χ1n) is 5.94. The van der Waals surface area contributed by atoms with Crippen LogP contribution in [0.5, 0.6) is 0 Å². The van der Waals surface area contributed by atoms with Gasteiger partial charge in [0.2, 0.25) is 0 Å². The lowest BCUT2D eigenvalue weighted by Gasteiger charge is -2.11. The topological polar surface area (TPSA) is 67.2 Å². The lowest BCUT2D eigenvalue weighted by molar-refractivity contribution is -0.137. The number of carbonyl (C=O) groups is 1. The van der Waals surface area contributed by atoms with E-state index in [1.807, 2.05) is 0 Å². The number of nitrogens with one attached hydrogen (secondary N) is 1. The molecule has 8 heteroatoms. The molecule has 0 spiro atoms. The summed E-state index contributed by atoms with van der Waals surface area (Å²) in [5.41, 5.74) is -0.129. The first-order chi connectivity index (χ1) is 9.79. The van der Waals surface area contributed by atoms with Gasteiger partial charge in [0.15, 0.2) is 0 Å². The highest BCUT2D eigenvalue weighted by Gasteiger charge is 2.30. The molecule has 0 radical (unpaired) electrons. The van der Waals surface area contributed by atoms with Crippen LogP contribution in [0.3, 0.4) is 0 Å². The van der Waals surface area contributed by atoms with Crippen LogP contribution in [0.4, 0.5) is 18.9 Å². The number of halogens is 3. The SMILES string of the molecule is Cn1ncc(C(=O)O)c1CNc1cccc(C(F)(F)F)c1. The van der Waals surface area contributed by atoms with Crippen molar-refractivity contribution in [3.8, 4) is 0 Å². The van der Waals surface area contributed by atoms with Crippen molar-refractivity contribution >= 4 is 11.7 Å². The van der Waals surface area contributed by atoms with Gasteiger partial charge in [0.05, 0.1) is 24.0 Å². The Morgan fingerprint density at radius 3 is 2.76 bits per heavy atom. The molecular formula is C13H12F3N3O2. The molecule has 1 aromatic carbocycles. The highest BCUT2D eigenvalue weighted by atomic mass is 19.4. The van der Waals surface area contributed by atoms with Gasteiger partial charge in [0.1, 0.15) is 5.56 Å². The van der Waals surface area contributed by atoms with Crippen molar-refractivity contribution in [3.63, 3.8) is 0 Å². The average molecular weight is 299 g/mol. The highest BCUT2D eigenvalue weighted by Crippen LogP contribution is 2.30. The standard InChI is InChI=1S/C13H12F3N3O2/c1-19-11(10(6-18-19)12(20)21)7-17-9-4-2-3-8(5-9)13(14,15)16/h2-6,17H,7H2,1H3,(H,20,21). The van der Waals surface area contributed by atoms with E-state index in [2.05, 4.69) is 10.4 Å². The van der Waals surface area contributed by atoms with Crippen molar-refractivity contribution in [2.45, 2.75) is 12.7 Å². The van der Waals surface area contributed by atoms with Gasteiger partial charge in [-0.15, -0.1) is 0 Å². The Labute approximate surface area is 118 Å². The molecule has 0 bridgehead atoms. The van der Waals surface area contributed by atoms with E-state index in [1.165, 1.54) is 23.0 Å². The fourth-order valence-corrected chi connectivity index (χ4v) is 1.84. The molecule has 21 heavy (non-hydrogen) atoms. The minimum absolute atomic E-state index is 0.0111. The quantitative estimate of drug-likeness (QED) is 0.911. The van der Waals surface area contributed by atoms with Gasteiger partial charge in [-0.1, -0.05) is 6.07 Å². The Balaban J connectivity index is 2.18. The zero-order valence-corrected chi connectivity index (χ0v) is 11.0. The summed E-state index contributed by atoms with van der Waals surface area (Å²) in [6, 6.07) is 4.70. The molecule has 5 nitrogen and oxygen atoms in total. The van der Waals surface area contributed by atoms with Crippen molar-refractivity contribution in [2.75, 3.05) is 5.32 Å². The highest BCUT2D eigenvalue weighted by molar-refractivity contribution is 5.88. The van der Waals surface area contributed by atoms with Gasteiger partial charge in [0.25, 0.3) is 0 Å². The summed E-state index contributed by atoms with van der Waals surface area (Å²) in [6.07, 6.45) is -3.22. The molecule has 0 saturated carbocycles. The molecule has 0 aliphatic carbocycles. The summed E-state index contributed by atoms with van der Waals surface area (Å²) < 4.78 is 39.2. The zero-order valence-electron chi connectivity index (χ0n) is 11.0. The average Bonchev–Trinajstić information content (AvgIpc) is 2.77. The van der Waals surface area contributed by atoms with Gasteiger partial charge in [-0.25, -0.2) is 4.79 Å². The summed E-state index contributed by atoms with van der Waals surface area (Å²) in [5, 5.41) is 15.6. The smallest absolute Gasteiger partial charge is 0.416 e. The van der Waals surface area contributed by atoms with Gasteiger partial charge in [0, 0.05) is 12.7 Å². The Morgan fingerprint density at radius 1 is 1.43 bits per heavy atom. The van der Waals surface area contributed by atoms with E-state index < -0.39 is 17.7 Å². The van der Waals surface area contributed by atoms with Crippen LogP contribution in [0.1, 0.15) is 21.6 Å². The minimum Gasteiger partial charge on any atom is -0.478 e. The maximum atomic E-state index is 12.6. The predicted molar refractivity (Wildman–Crippen MR) is 68.9 cm³/mol. The van der Waals surface area contributed by atoms with E-state index in [9.17, 15) is 18.0 Å². The molecule has 0 atom stereocenters. The molecule has 0 fully saturated rings. The molecule has 0 saturated heterocycles. The summed E-state index contributed by atoms with van der Waals surface area (Å²) in [6.45, 7) is 0.0550. The second-order valence-electron chi connectivity index (χ2n) is 4.37. The molecule has 1 heterocycles. The molecule has 112 valence electrons. The number of hydrogen-bond acceptors (Lipinski definition) is 3. The van der Waals surface area contributed by atoms with Crippen LogP contribution in [-0.2, 0) is 19.8 Å². The first-order valence-corrected chi connectivity index (χ1v) is 5.94. The molecule has 2 N–H and O–H groups in total. The van der Waals surface area contributed by atoms with Gasteiger partial charge in [-0.05, 0) is 18.2 Å². The Hall–Kier alpha value is -2.51. The Kier molecular flexibility index (Phi) is 3.88. The van der Waals surface area contributed by atoms with E-state index in [1.54, 1.807) is 7.05 Å². The second-order valence-corrected chi connectivity index (χ2v) is 4.37. The minimum atomic E-state index is -4.42. The van der Waals surface area contributed by atoms with E-state index in [0.29, 0.717) is 5.69 Å². The number of benzene rings is 1. The lowest BCUT2D eigenvalue weighted by atomic mass is 10.2. The zero-order chi connectivity index (χ0) is 15.6. The fraction of sp³-hybridized carbons (Fsp3) is 0.231. The summed E-state index contributed by atoms with van der Waals surface area (Å²) in [7, 11) is 1.57. The van der Waals surface area contributed by atoms with Crippen LogP contribution in [0.2, 0.25) is 0 Å². The van der Waals surface area contributed by atoms with Gasteiger partial charge in [-0.3, -0.25) is 4.68 Å². The van der Waals surface area contributed by atoms with Crippen LogP contribution < -0.4 is 5.32 Å². The van der Waals surface area contributed by atoms with Gasteiger partial charge >= 0.3 is 12.1 Å². The summed E-state index contributed by atoms with van der Waals surface area (Å²) in [4.78, 5) is 11.0. The molecule has 0 unspecified atom stereocenters. The number of aryl methyl sites for hydroxylation is 1. The largest absolute Gasteiger partial charge is 0.478 e. The Bertz CT molecular complexity index is 665. The van der Waals surface area contributed by atoms with E-state index >= 15 is 0 Å². The third kappa shape index (κ3) is 3.33. The molecule has 2 rings (SSSR count). The molecule has 0 amide bonds. The number of rotatable bonds is 4. The number of nitrogens with zero attached hydrogens (tertiary/aromatic N) is 2. The molecule has 0 aliphatic rings. The number of aromatic carboxylic acids is 1. The predicted octanol–water partition coefficient (Wildman–Crippen LogP) is 2.75. The van der Waals surface area contributed by atoms with Crippen LogP contribution in [-0.4, -0.2) is 20.9 Å². The van der Waals surface area contributed by atoms with Gasteiger partial charge < -0.3 is 10.4 Å². The fourth-order valence-electron chi connectivity index (χ4n) is 1.84. The van der Waals surface area contributed by atoms with E-state index in [4.69, 9.17) is 5.11 Å². The van der Waals surface area contributed by atoms with Crippen LogP contribution in [0.25, 0.3) is 0 Å². The van der Waals surface area contributed by atoms with Crippen molar-refractivity contribution in [1.29, 1.82) is 0 Å². The number of hydrogen-bond donors (Lipinski definition) is 2. The summed E-state index contributed by atoms with van der Waals surface area (Å²) in [5.74, 6) is -1.14. The van der Waals surface area contributed by atoms with Crippen molar-refractivity contribution < 1.29 is 23.1 Å². The third-order valence-corrected chi connectivity index (χ3v) is 2.94. The monoisotopic (exact) mass is 299 g/mol. The van der Waals surface area contributed by atoms with Crippen molar-refractivity contribution in [1.82, 2.24) is 9.78 Å². The first kappa shape index (κ1) is 14.9. The molecule has 2 aromatic rings. The van der Waals surface area contributed by atoms with Crippen LogP contribution in [0.15, 0.2) is 30.5 Å². The maximum Gasteiger partial charge on any atom is 0.416 e.